The van der Waals surface area contributed by atoms with E-state index in [2.05, 4.69) is 10.3 Å². The van der Waals surface area contributed by atoms with Crippen molar-refractivity contribution in [1.82, 2.24) is 14.6 Å². The fourth-order valence-corrected chi connectivity index (χ4v) is 4.65. The first-order chi connectivity index (χ1) is 10.6. The van der Waals surface area contributed by atoms with Crippen LogP contribution in [0, 0.1) is 0 Å². The van der Waals surface area contributed by atoms with Crippen molar-refractivity contribution in [2.45, 2.75) is 25.0 Å². The maximum absolute atomic E-state index is 12.4. The molecular formula is C16H24ClN3O2S. The van der Waals surface area contributed by atoms with Crippen LogP contribution in [0.5, 0.6) is 0 Å². The highest BCUT2D eigenvalue weighted by Crippen LogP contribution is 2.23. The summed E-state index contributed by atoms with van der Waals surface area (Å²) < 4.78 is 26.5. The number of aromatic nitrogens is 1. The molecule has 0 unspecified atom stereocenters. The van der Waals surface area contributed by atoms with Crippen LogP contribution in [0.15, 0.2) is 24.4 Å². The molecule has 1 aromatic carbocycles. The molecule has 7 heteroatoms. The Kier molecular flexibility index (Phi) is 6.08. The van der Waals surface area contributed by atoms with E-state index in [-0.39, 0.29) is 18.2 Å². The molecule has 1 saturated heterocycles. The Morgan fingerprint density at radius 3 is 2.70 bits per heavy atom. The molecule has 0 atom stereocenters. The van der Waals surface area contributed by atoms with Gasteiger partial charge in [0.1, 0.15) is 0 Å². The summed E-state index contributed by atoms with van der Waals surface area (Å²) in [6, 6.07) is 5.91. The average Bonchev–Trinajstić information content (AvgIpc) is 3.15. The van der Waals surface area contributed by atoms with E-state index in [0.717, 1.165) is 42.3 Å². The van der Waals surface area contributed by atoms with Crippen molar-refractivity contribution < 1.29 is 8.42 Å². The zero-order valence-corrected chi connectivity index (χ0v) is 15.0. The highest BCUT2D eigenvalue weighted by atomic mass is 35.5. The van der Waals surface area contributed by atoms with Crippen LogP contribution < -0.4 is 5.32 Å². The topological polar surface area (TPSA) is 65.2 Å². The number of aromatic amines is 1. The maximum Gasteiger partial charge on any atom is 0.218 e. The fourth-order valence-electron chi connectivity index (χ4n) is 3.05. The number of sulfonamides is 1. The smallest absolute Gasteiger partial charge is 0.218 e. The molecule has 0 saturated carbocycles. The molecule has 5 nitrogen and oxygen atoms in total. The number of nitrogens with one attached hydrogen (secondary N) is 2. The first kappa shape index (κ1) is 18.3. The molecule has 0 spiro atoms. The highest BCUT2D eigenvalue weighted by Gasteiger charge is 2.25. The molecule has 0 radical (unpaired) electrons. The average molecular weight is 358 g/mol. The van der Waals surface area contributed by atoms with Gasteiger partial charge < -0.3 is 10.3 Å². The van der Waals surface area contributed by atoms with E-state index < -0.39 is 10.0 Å². The molecular weight excluding hydrogens is 334 g/mol. The lowest BCUT2D eigenvalue weighted by Gasteiger charge is -2.15. The lowest BCUT2D eigenvalue weighted by atomic mass is 10.1. The number of hydrogen-bond acceptors (Lipinski definition) is 3. The SMILES string of the molecule is CNCCc1c[nH]c2ccc(CS(=O)(=O)N3CCCC3)cc12.Cl. The monoisotopic (exact) mass is 357 g/mol. The summed E-state index contributed by atoms with van der Waals surface area (Å²) in [4.78, 5) is 3.25. The Morgan fingerprint density at radius 1 is 1.26 bits per heavy atom. The maximum atomic E-state index is 12.4. The van der Waals surface area contributed by atoms with E-state index in [1.807, 2.05) is 31.4 Å². The second kappa shape index (κ2) is 7.66. The van der Waals surface area contributed by atoms with Crippen LogP contribution in [0.4, 0.5) is 0 Å². The van der Waals surface area contributed by atoms with E-state index >= 15 is 0 Å². The molecule has 128 valence electrons. The van der Waals surface area contributed by atoms with Gasteiger partial charge >= 0.3 is 0 Å². The summed E-state index contributed by atoms with van der Waals surface area (Å²) in [6.45, 7) is 2.24. The van der Waals surface area contributed by atoms with Gasteiger partial charge in [-0.25, -0.2) is 12.7 Å². The number of halogens is 1. The van der Waals surface area contributed by atoms with Crippen LogP contribution in [0.2, 0.25) is 0 Å². The van der Waals surface area contributed by atoms with Crippen LogP contribution >= 0.6 is 12.4 Å². The van der Waals surface area contributed by atoms with Gasteiger partial charge in [-0.2, -0.15) is 0 Å². The first-order valence-corrected chi connectivity index (χ1v) is 9.42. The largest absolute Gasteiger partial charge is 0.361 e. The van der Waals surface area contributed by atoms with Crippen LogP contribution in [0.25, 0.3) is 10.9 Å². The molecule has 0 bridgehead atoms. The van der Waals surface area contributed by atoms with Crippen molar-refractivity contribution in [3.05, 3.63) is 35.5 Å². The minimum Gasteiger partial charge on any atom is -0.361 e. The fraction of sp³-hybridized carbons (Fsp3) is 0.500. The Balaban J connectivity index is 0.00000192. The van der Waals surface area contributed by atoms with Gasteiger partial charge in [0, 0.05) is 30.2 Å². The second-order valence-electron chi connectivity index (χ2n) is 5.91. The van der Waals surface area contributed by atoms with Gasteiger partial charge in [-0.3, -0.25) is 0 Å². The molecule has 1 aromatic heterocycles. The zero-order valence-electron chi connectivity index (χ0n) is 13.3. The van der Waals surface area contributed by atoms with Gasteiger partial charge in [0.15, 0.2) is 0 Å². The molecule has 0 amide bonds. The molecule has 1 fully saturated rings. The quantitative estimate of drug-likeness (QED) is 0.833. The van der Waals surface area contributed by atoms with E-state index in [0.29, 0.717) is 13.1 Å². The standard InChI is InChI=1S/C16H23N3O2S.ClH/c1-17-7-6-14-11-18-16-5-4-13(10-15(14)16)12-22(20,21)19-8-2-3-9-19;/h4-5,10-11,17-18H,2-3,6-9,12H2,1H3;1H. The van der Waals surface area contributed by atoms with Gasteiger partial charge in [-0.05, 0) is 56.1 Å². The summed E-state index contributed by atoms with van der Waals surface area (Å²) in [5, 5.41) is 4.27. The predicted molar refractivity (Wildman–Crippen MR) is 96.6 cm³/mol. The van der Waals surface area contributed by atoms with Gasteiger partial charge in [-0.1, -0.05) is 6.07 Å². The molecule has 1 aliphatic heterocycles. The summed E-state index contributed by atoms with van der Waals surface area (Å²) in [7, 11) is -1.25. The normalized spacial score (nSPS) is 15.9. The second-order valence-corrected chi connectivity index (χ2v) is 7.88. The minimum absolute atomic E-state index is 0. The van der Waals surface area contributed by atoms with Crippen molar-refractivity contribution in [2.24, 2.45) is 0 Å². The van der Waals surface area contributed by atoms with E-state index in [1.54, 1.807) is 4.31 Å². The number of rotatable bonds is 6. The highest BCUT2D eigenvalue weighted by molar-refractivity contribution is 7.88. The summed E-state index contributed by atoms with van der Waals surface area (Å²) in [5.74, 6) is 0.0968. The zero-order chi connectivity index (χ0) is 15.6. The lowest BCUT2D eigenvalue weighted by molar-refractivity contribution is 0.476. The minimum atomic E-state index is -3.18. The van der Waals surface area contributed by atoms with Gasteiger partial charge in [-0.15, -0.1) is 12.4 Å². The van der Waals surface area contributed by atoms with Gasteiger partial charge in [0.05, 0.1) is 5.75 Å². The number of benzene rings is 1. The summed E-state index contributed by atoms with van der Waals surface area (Å²) >= 11 is 0. The summed E-state index contributed by atoms with van der Waals surface area (Å²) in [5.41, 5.74) is 3.16. The number of likely N-dealkylation sites (N-methyl/N-ethyl adjacent to an activating group) is 1. The predicted octanol–water partition coefficient (Wildman–Crippen LogP) is 2.28. The van der Waals surface area contributed by atoms with E-state index in [4.69, 9.17) is 0 Å². The molecule has 2 aromatic rings. The molecule has 23 heavy (non-hydrogen) atoms. The Bertz CT molecular complexity index is 752. The van der Waals surface area contributed by atoms with E-state index in [9.17, 15) is 8.42 Å². The third-order valence-electron chi connectivity index (χ3n) is 4.28. The van der Waals surface area contributed by atoms with Crippen molar-refractivity contribution >= 4 is 33.3 Å². The Morgan fingerprint density at radius 2 is 2.00 bits per heavy atom. The van der Waals surface area contributed by atoms with Crippen molar-refractivity contribution in [1.29, 1.82) is 0 Å². The van der Waals surface area contributed by atoms with Crippen molar-refractivity contribution in [2.75, 3.05) is 26.7 Å². The molecule has 2 heterocycles. The Hall–Kier alpha value is -1.08. The lowest BCUT2D eigenvalue weighted by Crippen LogP contribution is -2.29. The van der Waals surface area contributed by atoms with Crippen molar-refractivity contribution in [3.8, 4) is 0 Å². The molecule has 2 N–H and O–H groups in total. The van der Waals surface area contributed by atoms with Crippen LogP contribution in [-0.4, -0.2) is 44.4 Å². The first-order valence-electron chi connectivity index (χ1n) is 7.81. The molecule has 1 aliphatic rings. The van der Waals surface area contributed by atoms with Gasteiger partial charge in [0.25, 0.3) is 0 Å². The number of hydrogen-bond donors (Lipinski definition) is 2. The van der Waals surface area contributed by atoms with Crippen LogP contribution in [-0.2, 0) is 22.2 Å². The number of nitrogens with zero attached hydrogens (tertiary/aromatic N) is 1. The number of H-pyrrole nitrogens is 1. The Labute approximate surface area is 143 Å². The van der Waals surface area contributed by atoms with Crippen molar-refractivity contribution in [3.63, 3.8) is 0 Å². The van der Waals surface area contributed by atoms with E-state index in [1.165, 1.54) is 5.56 Å². The van der Waals surface area contributed by atoms with Crippen LogP contribution in [0.1, 0.15) is 24.0 Å². The molecule has 0 aliphatic carbocycles. The number of fused-ring (bicyclic) bond motifs is 1. The third kappa shape index (κ3) is 4.07. The summed E-state index contributed by atoms with van der Waals surface area (Å²) in [6.07, 6.45) is 4.90. The van der Waals surface area contributed by atoms with Crippen LogP contribution in [0.3, 0.4) is 0 Å². The molecule has 3 rings (SSSR count). The van der Waals surface area contributed by atoms with Gasteiger partial charge in [0.2, 0.25) is 10.0 Å². The third-order valence-corrected chi connectivity index (χ3v) is 6.13.